The van der Waals surface area contributed by atoms with Crippen LogP contribution in [-0.4, -0.2) is 14.7 Å². The third-order valence-corrected chi connectivity index (χ3v) is 3.26. The first-order valence-corrected chi connectivity index (χ1v) is 6.51. The van der Waals surface area contributed by atoms with Gasteiger partial charge < -0.3 is 0 Å². The summed E-state index contributed by atoms with van der Waals surface area (Å²) in [5.74, 6) is 0. The van der Waals surface area contributed by atoms with Crippen LogP contribution < -0.4 is 0 Å². The molecule has 3 rings (SSSR count). The minimum Gasteiger partial charge on any atom is -0.258 e. The molecule has 0 unspecified atom stereocenters. The van der Waals surface area contributed by atoms with Crippen LogP contribution in [0.4, 0.5) is 5.69 Å². The lowest BCUT2D eigenvalue weighted by molar-refractivity contribution is -0.384. The second-order valence-electron chi connectivity index (χ2n) is 4.79. The zero-order valence-electron chi connectivity index (χ0n) is 11.4. The Hall–Kier alpha value is -2.95. The summed E-state index contributed by atoms with van der Waals surface area (Å²) in [5.41, 5.74) is 3.89. The van der Waals surface area contributed by atoms with Crippen molar-refractivity contribution in [1.82, 2.24) is 9.78 Å². The van der Waals surface area contributed by atoms with Gasteiger partial charge in [0.1, 0.15) is 0 Å². The van der Waals surface area contributed by atoms with Crippen LogP contribution in [0.3, 0.4) is 0 Å². The maximum atomic E-state index is 10.7. The summed E-state index contributed by atoms with van der Waals surface area (Å²) in [5, 5.41) is 15.2. The SMILES string of the molecule is Cc1ccc(-n2ccc(-c3ccc([N+](=O)[O-])cc3)n2)cc1. The molecule has 0 aliphatic heterocycles. The lowest BCUT2D eigenvalue weighted by Gasteiger charge is -2.01. The van der Waals surface area contributed by atoms with Crippen LogP contribution in [-0.2, 0) is 0 Å². The number of nitrogens with zero attached hydrogens (tertiary/aromatic N) is 3. The van der Waals surface area contributed by atoms with Gasteiger partial charge in [-0.05, 0) is 37.3 Å². The van der Waals surface area contributed by atoms with E-state index >= 15 is 0 Å². The van der Waals surface area contributed by atoms with E-state index in [1.54, 1.807) is 16.8 Å². The van der Waals surface area contributed by atoms with Crippen LogP contribution in [0, 0.1) is 17.0 Å². The number of aromatic nitrogens is 2. The van der Waals surface area contributed by atoms with Crippen molar-refractivity contribution in [3.05, 3.63) is 76.5 Å². The highest BCUT2D eigenvalue weighted by Gasteiger charge is 2.07. The fourth-order valence-corrected chi connectivity index (χ4v) is 2.07. The Morgan fingerprint density at radius 3 is 2.29 bits per heavy atom. The van der Waals surface area contributed by atoms with Gasteiger partial charge in [-0.2, -0.15) is 5.10 Å². The normalized spacial score (nSPS) is 10.5. The van der Waals surface area contributed by atoms with Gasteiger partial charge in [0.05, 0.1) is 16.3 Å². The van der Waals surface area contributed by atoms with Crippen molar-refractivity contribution in [2.24, 2.45) is 0 Å². The van der Waals surface area contributed by atoms with Crippen molar-refractivity contribution >= 4 is 5.69 Å². The molecule has 0 aliphatic carbocycles. The molecule has 2 aromatic carbocycles. The second-order valence-corrected chi connectivity index (χ2v) is 4.79. The van der Waals surface area contributed by atoms with Crippen LogP contribution >= 0.6 is 0 Å². The van der Waals surface area contributed by atoms with E-state index in [0.29, 0.717) is 0 Å². The molecule has 1 heterocycles. The van der Waals surface area contributed by atoms with E-state index in [-0.39, 0.29) is 5.69 Å². The van der Waals surface area contributed by atoms with E-state index in [4.69, 9.17) is 0 Å². The summed E-state index contributed by atoms with van der Waals surface area (Å²) in [6.45, 7) is 2.04. The van der Waals surface area contributed by atoms with Crippen molar-refractivity contribution in [3.8, 4) is 16.9 Å². The first-order valence-electron chi connectivity index (χ1n) is 6.51. The molecule has 0 saturated heterocycles. The predicted octanol–water partition coefficient (Wildman–Crippen LogP) is 3.76. The van der Waals surface area contributed by atoms with Gasteiger partial charge >= 0.3 is 0 Å². The van der Waals surface area contributed by atoms with E-state index in [0.717, 1.165) is 16.9 Å². The summed E-state index contributed by atoms with van der Waals surface area (Å²) < 4.78 is 1.79. The zero-order valence-corrected chi connectivity index (χ0v) is 11.4. The average Bonchev–Trinajstić information content (AvgIpc) is 2.98. The van der Waals surface area contributed by atoms with Crippen molar-refractivity contribution in [2.75, 3.05) is 0 Å². The largest absolute Gasteiger partial charge is 0.269 e. The predicted molar refractivity (Wildman–Crippen MR) is 80.4 cm³/mol. The number of aryl methyl sites for hydroxylation is 1. The summed E-state index contributed by atoms with van der Waals surface area (Å²) in [6, 6.07) is 16.3. The smallest absolute Gasteiger partial charge is 0.258 e. The molecule has 0 bridgehead atoms. The molecule has 5 nitrogen and oxygen atoms in total. The van der Waals surface area contributed by atoms with Crippen molar-refractivity contribution < 1.29 is 4.92 Å². The van der Waals surface area contributed by atoms with Gasteiger partial charge in [-0.3, -0.25) is 10.1 Å². The molecule has 0 saturated carbocycles. The van der Waals surface area contributed by atoms with Crippen LogP contribution in [0.2, 0.25) is 0 Å². The Bertz CT molecular complexity index is 774. The fraction of sp³-hybridized carbons (Fsp3) is 0.0625. The molecular weight excluding hydrogens is 266 g/mol. The van der Waals surface area contributed by atoms with Crippen LogP contribution in [0.1, 0.15) is 5.56 Å². The average molecular weight is 279 g/mol. The second kappa shape index (κ2) is 5.20. The van der Waals surface area contributed by atoms with Crippen molar-refractivity contribution in [3.63, 3.8) is 0 Å². The summed E-state index contributed by atoms with van der Waals surface area (Å²) in [7, 11) is 0. The van der Waals surface area contributed by atoms with E-state index in [2.05, 4.69) is 5.10 Å². The molecule has 0 fully saturated rings. The molecular formula is C16H13N3O2. The van der Waals surface area contributed by atoms with Crippen LogP contribution in [0.25, 0.3) is 16.9 Å². The lowest BCUT2D eigenvalue weighted by Crippen LogP contribution is -1.94. The quantitative estimate of drug-likeness (QED) is 0.541. The standard InChI is InChI=1S/C16H13N3O2/c1-12-2-6-14(7-3-12)18-11-10-16(17-18)13-4-8-15(9-5-13)19(20)21/h2-11H,1H3. The maximum Gasteiger partial charge on any atom is 0.269 e. The maximum absolute atomic E-state index is 10.7. The Morgan fingerprint density at radius 1 is 1.00 bits per heavy atom. The first kappa shape index (κ1) is 13.1. The minimum atomic E-state index is -0.408. The number of non-ortho nitro benzene ring substituents is 1. The summed E-state index contributed by atoms with van der Waals surface area (Å²) in [6.07, 6.45) is 1.88. The summed E-state index contributed by atoms with van der Waals surface area (Å²) in [4.78, 5) is 10.2. The molecule has 0 amide bonds. The Balaban J connectivity index is 1.90. The van der Waals surface area contributed by atoms with Crippen LogP contribution in [0.15, 0.2) is 60.8 Å². The van der Waals surface area contributed by atoms with E-state index < -0.39 is 4.92 Å². The molecule has 3 aromatic rings. The Morgan fingerprint density at radius 2 is 1.67 bits per heavy atom. The van der Waals surface area contributed by atoms with Gasteiger partial charge in [0.2, 0.25) is 0 Å². The molecule has 1 aromatic heterocycles. The van der Waals surface area contributed by atoms with Crippen molar-refractivity contribution in [2.45, 2.75) is 6.92 Å². The van der Waals surface area contributed by atoms with Gasteiger partial charge in [-0.1, -0.05) is 17.7 Å². The molecule has 21 heavy (non-hydrogen) atoms. The number of benzene rings is 2. The van der Waals surface area contributed by atoms with E-state index in [1.807, 2.05) is 43.5 Å². The number of rotatable bonds is 3. The Kier molecular flexibility index (Phi) is 3.23. The topological polar surface area (TPSA) is 61.0 Å². The lowest BCUT2D eigenvalue weighted by atomic mass is 10.1. The van der Waals surface area contributed by atoms with Gasteiger partial charge in [-0.15, -0.1) is 0 Å². The highest BCUT2D eigenvalue weighted by atomic mass is 16.6. The highest BCUT2D eigenvalue weighted by molar-refractivity contribution is 5.60. The third-order valence-electron chi connectivity index (χ3n) is 3.26. The van der Waals surface area contributed by atoms with Gasteiger partial charge in [0.15, 0.2) is 0 Å². The Labute approximate surface area is 121 Å². The molecule has 5 heteroatoms. The number of hydrogen-bond acceptors (Lipinski definition) is 3. The molecule has 0 N–H and O–H groups in total. The minimum absolute atomic E-state index is 0.0803. The van der Waals surface area contributed by atoms with Crippen molar-refractivity contribution in [1.29, 1.82) is 0 Å². The first-order chi connectivity index (χ1) is 10.1. The molecule has 0 aliphatic rings. The molecule has 0 spiro atoms. The third kappa shape index (κ3) is 2.67. The molecule has 0 atom stereocenters. The van der Waals surface area contributed by atoms with Gasteiger partial charge in [0.25, 0.3) is 5.69 Å². The zero-order chi connectivity index (χ0) is 14.8. The van der Waals surface area contributed by atoms with Gasteiger partial charge in [0, 0.05) is 23.9 Å². The number of hydrogen-bond donors (Lipinski definition) is 0. The molecule has 0 radical (unpaired) electrons. The number of nitro benzene ring substituents is 1. The van der Waals surface area contributed by atoms with Gasteiger partial charge in [-0.25, -0.2) is 4.68 Å². The summed E-state index contributed by atoms with van der Waals surface area (Å²) >= 11 is 0. The van der Waals surface area contributed by atoms with Crippen LogP contribution in [0.5, 0.6) is 0 Å². The number of nitro groups is 1. The fourth-order valence-electron chi connectivity index (χ4n) is 2.07. The molecule has 104 valence electrons. The monoisotopic (exact) mass is 279 g/mol. The highest BCUT2D eigenvalue weighted by Crippen LogP contribution is 2.21. The van der Waals surface area contributed by atoms with E-state index in [1.165, 1.54) is 17.7 Å². The van der Waals surface area contributed by atoms with E-state index in [9.17, 15) is 10.1 Å².